The highest BCUT2D eigenvalue weighted by Gasteiger charge is 2.40. The minimum Gasteiger partial charge on any atom is -0.478 e. The molecule has 35 heavy (non-hydrogen) atoms. The fourth-order valence-corrected chi connectivity index (χ4v) is 5.77. The molecule has 1 aliphatic carbocycles. The van der Waals surface area contributed by atoms with Crippen LogP contribution in [0.25, 0.3) is 11.0 Å². The van der Waals surface area contributed by atoms with Gasteiger partial charge in [0.2, 0.25) is 5.95 Å². The zero-order valence-electron chi connectivity index (χ0n) is 20.5. The standard InChI is InChI=1S/C26H30F3N3O3/c1-15-10-21-20(11-19(15)22(33)34)31-23(30-16-6-8-18(9-7-16)35-26(27,28)29)32(21)17-12-24(2,3)14-25(4,5)13-17/h6-11,17H,12-14H2,1-5H3,(H,30,31)(H,33,34). The summed E-state index contributed by atoms with van der Waals surface area (Å²) >= 11 is 0. The Morgan fingerprint density at radius 2 is 1.71 bits per heavy atom. The second-order valence-corrected chi connectivity index (χ2v) is 11.0. The molecule has 3 aromatic rings. The molecule has 0 unspecified atom stereocenters. The van der Waals surface area contributed by atoms with Crippen LogP contribution in [0.4, 0.5) is 24.8 Å². The number of fused-ring (bicyclic) bond motifs is 1. The largest absolute Gasteiger partial charge is 0.573 e. The van der Waals surface area contributed by atoms with E-state index in [1.54, 1.807) is 13.0 Å². The Labute approximate surface area is 202 Å². The number of anilines is 2. The van der Waals surface area contributed by atoms with Crippen molar-refractivity contribution < 1.29 is 27.8 Å². The van der Waals surface area contributed by atoms with E-state index in [-0.39, 0.29) is 28.2 Å². The molecular formula is C26H30F3N3O3. The van der Waals surface area contributed by atoms with Gasteiger partial charge in [0.1, 0.15) is 5.75 Å². The maximum atomic E-state index is 12.5. The fraction of sp³-hybridized carbons (Fsp3) is 0.462. The number of carbonyl (C=O) groups is 1. The normalized spacial score (nSPS) is 17.9. The Morgan fingerprint density at radius 3 is 2.26 bits per heavy atom. The number of hydrogen-bond donors (Lipinski definition) is 2. The van der Waals surface area contributed by atoms with Gasteiger partial charge in [-0.25, -0.2) is 9.78 Å². The lowest BCUT2D eigenvalue weighted by atomic mass is 9.63. The number of nitrogens with zero attached hydrogens (tertiary/aromatic N) is 2. The molecule has 0 radical (unpaired) electrons. The van der Waals surface area contributed by atoms with Crippen LogP contribution in [0.3, 0.4) is 0 Å². The molecule has 0 amide bonds. The quantitative estimate of drug-likeness (QED) is 0.389. The van der Waals surface area contributed by atoms with E-state index in [4.69, 9.17) is 4.98 Å². The second-order valence-electron chi connectivity index (χ2n) is 11.0. The van der Waals surface area contributed by atoms with Gasteiger partial charge in [-0.1, -0.05) is 27.7 Å². The Kier molecular flexibility index (Phi) is 6.02. The van der Waals surface area contributed by atoms with Crippen molar-refractivity contribution in [1.29, 1.82) is 0 Å². The number of nitrogens with one attached hydrogen (secondary N) is 1. The number of ether oxygens (including phenoxy) is 1. The molecule has 1 heterocycles. The zero-order valence-corrected chi connectivity index (χ0v) is 20.5. The first-order valence-electron chi connectivity index (χ1n) is 11.5. The van der Waals surface area contributed by atoms with Crippen molar-refractivity contribution in [2.45, 2.75) is 66.3 Å². The first-order chi connectivity index (χ1) is 16.1. The van der Waals surface area contributed by atoms with Gasteiger partial charge in [-0.3, -0.25) is 0 Å². The van der Waals surface area contributed by atoms with Gasteiger partial charge in [-0.2, -0.15) is 0 Å². The predicted molar refractivity (Wildman–Crippen MR) is 128 cm³/mol. The van der Waals surface area contributed by atoms with Crippen molar-refractivity contribution in [3.8, 4) is 5.75 Å². The molecule has 0 bridgehead atoms. The Hall–Kier alpha value is -3.23. The van der Waals surface area contributed by atoms with Gasteiger partial charge in [-0.05, 0) is 79.0 Å². The topological polar surface area (TPSA) is 76.4 Å². The molecule has 1 aliphatic rings. The minimum atomic E-state index is -4.76. The Morgan fingerprint density at radius 1 is 1.11 bits per heavy atom. The third kappa shape index (κ3) is 5.55. The molecule has 1 aromatic heterocycles. The minimum absolute atomic E-state index is 0.0902. The van der Waals surface area contributed by atoms with E-state index in [0.717, 1.165) is 24.8 Å². The second kappa shape index (κ2) is 8.46. The SMILES string of the molecule is Cc1cc2c(cc1C(=O)O)nc(Nc1ccc(OC(F)(F)F)cc1)n2C1CC(C)(C)CC(C)(C)C1. The van der Waals surface area contributed by atoms with Crippen molar-refractivity contribution in [2.75, 3.05) is 5.32 Å². The third-order valence-electron chi connectivity index (χ3n) is 6.51. The Balaban J connectivity index is 1.79. The predicted octanol–water partition coefficient (Wildman–Crippen LogP) is 7.46. The highest BCUT2D eigenvalue weighted by Crippen LogP contribution is 2.51. The van der Waals surface area contributed by atoms with Crippen LogP contribution in [0.15, 0.2) is 36.4 Å². The summed E-state index contributed by atoms with van der Waals surface area (Å²) in [5.41, 5.74) is 2.92. The molecule has 188 valence electrons. The first-order valence-corrected chi connectivity index (χ1v) is 11.5. The molecule has 0 aliphatic heterocycles. The summed E-state index contributed by atoms with van der Waals surface area (Å²) in [4.78, 5) is 16.4. The molecule has 1 saturated carbocycles. The van der Waals surface area contributed by atoms with E-state index in [9.17, 15) is 23.1 Å². The molecule has 9 heteroatoms. The highest BCUT2D eigenvalue weighted by atomic mass is 19.4. The van der Waals surface area contributed by atoms with Gasteiger partial charge in [-0.15, -0.1) is 13.2 Å². The van der Waals surface area contributed by atoms with Crippen molar-refractivity contribution in [3.63, 3.8) is 0 Å². The van der Waals surface area contributed by atoms with E-state index in [1.807, 2.05) is 6.07 Å². The lowest BCUT2D eigenvalue weighted by Gasteiger charge is -2.45. The number of imidazole rings is 1. The number of hydrogen-bond acceptors (Lipinski definition) is 4. The summed E-state index contributed by atoms with van der Waals surface area (Å²) in [6.07, 6.45) is -1.86. The third-order valence-corrected chi connectivity index (χ3v) is 6.51. The van der Waals surface area contributed by atoms with E-state index >= 15 is 0 Å². The molecule has 0 spiro atoms. The van der Waals surface area contributed by atoms with Gasteiger partial charge in [0.05, 0.1) is 16.6 Å². The van der Waals surface area contributed by atoms with Gasteiger partial charge < -0.3 is 19.7 Å². The first kappa shape index (κ1) is 24.9. The van der Waals surface area contributed by atoms with Crippen LogP contribution < -0.4 is 10.1 Å². The lowest BCUT2D eigenvalue weighted by Crippen LogP contribution is -2.35. The van der Waals surface area contributed by atoms with E-state index in [1.165, 1.54) is 24.3 Å². The number of carboxylic acid groups (broad SMARTS) is 1. The molecular weight excluding hydrogens is 459 g/mol. The van der Waals surface area contributed by atoms with Crippen LogP contribution in [0, 0.1) is 17.8 Å². The molecule has 0 atom stereocenters. The number of aromatic nitrogens is 2. The van der Waals surface area contributed by atoms with E-state index in [2.05, 4.69) is 42.3 Å². The van der Waals surface area contributed by atoms with Crippen LogP contribution in [0.5, 0.6) is 5.75 Å². The summed E-state index contributed by atoms with van der Waals surface area (Å²) in [6.45, 7) is 10.8. The molecule has 4 rings (SSSR count). The molecule has 0 saturated heterocycles. The number of carboxylic acids is 1. The van der Waals surface area contributed by atoms with Gasteiger partial charge in [0, 0.05) is 11.7 Å². The number of alkyl halides is 3. The van der Waals surface area contributed by atoms with Crippen molar-refractivity contribution in [3.05, 3.63) is 47.5 Å². The average molecular weight is 490 g/mol. The molecule has 6 nitrogen and oxygen atoms in total. The summed E-state index contributed by atoms with van der Waals surface area (Å²) < 4.78 is 43.6. The number of halogens is 3. The average Bonchev–Trinajstić information content (AvgIpc) is 3.01. The highest BCUT2D eigenvalue weighted by molar-refractivity contribution is 5.95. The van der Waals surface area contributed by atoms with Crippen molar-refractivity contribution in [2.24, 2.45) is 10.8 Å². The smallest absolute Gasteiger partial charge is 0.478 e. The maximum Gasteiger partial charge on any atom is 0.573 e. The monoisotopic (exact) mass is 489 g/mol. The van der Waals surface area contributed by atoms with Crippen LogP contribution in [0.1, 0.15) is 68.9 Å². The van der Waals surface area contributed by atoms with Crippen LogP contribution >= 0.6 is 0 Å². The Bertz CT molecular complexity index is 1240. The zero-order chi connectivity index (χ0) is 25.8. The number of benzene rings is 2. The summed E-state index contributed by atoms with van der Waals surface area (Å²) in [6, 6.07) is 9.00. The van der Waals surface area contributed by atoms with Gasteiger partial charge in [0.25, 0.3) is 0 Å². The fourth-order valence-electron chi connectivity index (χ4n) is 5.77. The van der Waals surface area contributed by atoms with E-state index < -0.39 is 12.3 Å². The summed E-state index contributed by atoms with van der Waals surface area (Å²) in [5.74, 6) is -0.812. The van der Waals surface area contributed by atoms with Gasteiger partial charge in [0.15, 0.2) is 0 Å². The number of aryl methyl sites for hydroxylation is 1. The van der Waals surface area contributed by atoms with Gasteiger partial charge >= 0.3 is 12.3 Å². The molecule has 1 fully saturated rings. The van der Waals surface area contributed by atoms with Crippen molar-refractivity contribution >= 4 is 28.6 Å². The van der Waals surface area contributed by atoms with Crippen LogP contribution in [-0.4, -0.2) is 27.0 Å². The van der Waals surface area contributed by atoms with Crippen LogP contribution in [-0.2, 0) is 0 Å². The molecule has 2 aromatic carbocycles. The molecule has 2 N–H and O–H groups in total. The van der Waals surface area contributed by atoms with Crippen LogP contribution in [0.2, 0.25) is 0 Å². The summed E-state index contributed by atoms with van der Waals surface area (Å²) in [7, 11) is 0. The summed E-state index contributed by atoms with van der Waals surface area (Å²) in [5, 5.41) is 12.8. The van der Waals surface area contributed by atoms with E-state index in [0.29, 0.717) is 22.7 Å². The number of aromatic carboxylic acids is 1. The lowest BCUT2D eigenvalue weighted by molar-refractivity contribution is -0.274. The maximum absolute atomic E-state index is 12.5. The van der Waals surface area contributed by atoms with Crippen molar-refractivity contribution in [1.82, 2.24) is 9.55 Å². The number of rotatable bonds is 5.